The standard InChI is InChI=1S/C25H34N2O3/c1-17(2)12-25(28)26-15-22-21-14-24(30-5)23(29-4)13-20(21)10-11-27(22)16-19-8-6-18(3)7-9-19/h6-9,13-14,17,22H,10-12,15-16H2,1-5H3,(H,26,28)/t22-/m1/s1. The minimum atomic E-state index is 0.0889. The largest absolute Gasteiger partial charge is 0.493 e. The Balaban J connectivity index is 1.88. The number of carbonyl (C=O) groups is 1. The molecule has 3 rings (SSSR count). The van der Waals surface area contributed by atoms with Gasteiger partial charge in [0.15, 0.2) is 11.5 Å². The van der Waals surface area contributed by atoms with Gasteiger partial charge in [-0.15, -0.1) is 0 Å². The smallest absolute Gasteiger partial charge is 0.220 e. The van der Waals surface area contributed by atoms with Gasteiger partial charge in [-0.25, -0.2) is 0 Å². The Labute approximate surface area is 180 Å². The maximum atomic E-state index is 12.4. The molecule has 5 heteroatoms. The number of aryl methyl sites for hydroxylation is 1. The van der Waals surface area contributed by atoms with Gasteiger partial charge in [-0.1, -0.05) is 43.7 Å². The van der Waals surface area contributed by atoms with E-state index >= 15 is 0 Å². The fraction of sp³-hybridized carbons (Fsp3) is 0.480. The van der Waals surface area contributed by atoms with Crippen molar-refractivity contribution < 1.29 is 14.3 Å². The Bertz CT molecular complexity index is 861. The first kappa shape index (κ1) is 22.2. The van der Waals surface area contributed by atoms with Gasteiger partial charge in [0.25, 0.3) is 0 Å². The molecule has 1 heterocycles. The van der Waals surface area contributed by atoms with Crippen LogP contribution in [0.4, 0.5) is 0 Å². The van der Waals surface area contributed by atoms with Crippen molar-refractivity contribution in [1.82, 2.24) is 10.2 Å². The summed E-state index contributed by atoms with van der Waals surface area (Å²) in [6.45, 7) is 8.60. The summed E-state index contributed by atoms with van der Waals surface area (Å²) in [4.78, 5) is 14.8. The summed E-state index contributed by atoms with van der Waals surface area (Å²) in [5, 5.41) is 3.16. The van der Waals surface area contributed by atoms with Gasteiger partial charge in [0, 0.05) is 26.1 Å². The van der Waals surface area contributed by atoms with Gasteiger partial charge in [-0.05, 0) is 48.1 Å². The van der Waals surface area contributed by atoms with Crippen LogP contribution in [-0.4, -0.2) is 38.1 Å². The molecular weight excluding hydrogens is 376 g/mol. The summed E-state index contributed by atoms with van der Waals surface area (Å²) in [5.41, 5.74) is 5.01. The lowest BCUT2D eigenvalue weighted by Crippen LogP contribution is -2.42. The molecule has 2 aromatic rings. The number of fused-ring (bicyclic) bond motifs is 1. The number of nitrogens with zero attached hydrogens (tertiary/aromatic N) is 1. The van der Waals surface area contributed by atoms with Crippen LogP contribution in [0.15, 0.2) is 36.4 Å². The van der Waals surface area contributed by atoms with Crippen LogP contribution in [0.2, 0.25) is 0 Å². The zero-order valence-electron chi connectivity index (χ0n) is 18.8. The van der Waals surface area contributed by atoms with Crippen molar-refractivity contribution in [1.29, 1.82) is 0 Å². The molecule has 0 saturated heterocycles. The lowest BCUT2D eigenvalue weighted by Gasteiger charge is -2.38. The van der Waals surface area contributed by atoms with Gasteiger partial charge in [0.1, 0.15) is 0 Å². The number of benzene rings is 2. The first-order valence-electron chi connectivity index (χ1n) is 10.7. The molecule has 30 heavy (non-hydrogen) atoms. The second-order valence-electron chi connectivity index (χ2n) is 8.53. The normalized spacial score (nSPS) is 16.3. The lowest BCUT2D eigenvalue weighted by molar-refractivity contribution is -0.122. The first-order valence-corrected chi connectivity index (χ1v) is 10.7. The van der Waals surface area contributed by atoms with Gasteiger partial charge in [0.2, 0.25) is 5.91 Å². The van der Waals surface area contributed by atoms with Gasteiger partial charge in [-0.3, -0.25) is 9.69 Å². The number of carbonyl (C=O) groups excluding carboxylic acids is 1. The third-order valence-corrected chi connectivity index (χ3v) is 5.71. The van der Waals surface area contributed by atoms with Crippen molar-refractivity contribution in [2.45, 2.75) is 46.2 Å². The van der Waals surface area contributed by atoms with E-state index < -0.39 is 0 Å². The molecule has 0 fully saturated rings. The quantitative estimate of drug-likeness (QED) is 0.706. The van der Waals surface area contributed by atoms with E-state index in [1.54, 1.807) is 14.2 Å². The second kappa shape index (κ2) is 9.98. The van der Waals surface area contributed by atoms with Gasteiger partial charge < -0.3 is 14.8 Å². The van der Waals surface area contributed by atoms with E-state index in [1.807, 2.05) is 0 Å². The van der Waals surface area contributed by atoms with Crippen LogP contribution < -0.4 is 14.8 Å². The average Bonchev–Trinajstić information content (AvgIpc) is 2.72. The van der Waals surface area contributed by atoms with Crippen molar-refractivity contribution in [2.24, 2.45) is 5.92 Å². The molecule has 1 aliphatic heterocycles. The fourth-order valence-corrected chi connectivity index (χ4v) is 4.09. The molecule has 0 unspecified atom stereocenters. The van der Waals surface area contributed by atoms with E-state index in [9.17, 15) is 4.79 Å². The summed E-state index contributed by atoms with van der Waals surface area (Å²) in [6, 6.07) is 12.9. The van der Waals surface area contributed by atoms with E-state index in [-0.39, 0.29) is 11.9 Å². The number of nitrogens with one attached hydrogen (secondary N) is 1. The molecule has 1 amide bonds. The number of hydrogen-bond donors (Lipinski definition) is 1. The summed E-state index contributed by atoms with van der Waals surface area (Å²) >= 11 is 0. The molecule has 0 aliphatic carbocycles. The number of amides is 1. The molecule has 1 N–H and O–H groups in total. The van der Waals surface area contributed by atoms with Crippen molar-refractivity contribution in [3.05, 3.63) is 58.7 Å². The van der Waals surface area contributed by atoms with Crippen molar-refractivity contribution >= 4 is 5.91 Å². The van der Waals surface area contributed by atoms with E-state index in [1.165, 1.54) is 22.3 Å². The third-order valence-electron chi connectivity index (χ3n) is 5.71. The maximum absolute atomic E-state index is 12.4. The van der Waals surface area contributed by atoms with Crippen LogP contribution in [0.25, 0.3) is 0 Å². The van der Waals surface area contributed by atoms with Crippen LogP contribution in [-0.2, 0) is 17.8 Å². The highest BCUT2D eigenvalue weighted by Gasteiger charge is 2.29. The minimum Gasteiger partial charge on any atom is -0.493 e. The molecule has 0 bridgehead atoms. The zero-order valence-corrected chi connectivity index (χ0v) is 18.8. The van der Waals surface area contributed by atoms with Gasteiger partial charge in [-0.2, -0.15) is 0 Å². The Kier molecular flexibility index (Phi) is 7.38. The second-order valence-corrected chi connectivity index (χ2v) is 8.53. The van der Waals surface area contributed by atoms with Crippen molar-refractivity contribution in [3.8, 4) is 11.5 Å². The summed E-state index contributed by atoms with van der Waals surface area (Å²) in [7, 11) is 3.33. The van der Waals surface area contributed by atoms with Crippen LogP contribution in [0.5, 0.6) is 11.5 Å². The number of methoxy groups -OCH3 is 2. The number of hydrogen-bond acceptors (Lipinski definition) is 4. The predicted octanol–water partition coefficient (Wildman–Crippen LogP) is 4.27. The SMILES string of the molecule is COc1cc2c(cc1OC)[C@@H](CNC(=O)CC(C)C)N(Cc1ccc(C)cc1)CC2. The van der Waals surface area contributed by atoms with Crippen molar-refractivity contribution in [3.63, 3.8) is 0 Å². The third kappa shape index (κ3) is 5.33. The highest BCUT2D eigenvalue weighted by atomic mass is 16.5. The highest BCUT2D eigenvalue weighted by Crippen LogP contribution is 2.38. The first-order chi connectivity index (χ1) is 14.4. The number of ether oxygens (including phenoxy) is 2. The highest BCUT2D eigenvalue weighted by molar-refractivity contribution is 5.76. The Hall–Kier alpha value is -2.53. The molecule has 0 aromatic heterocycles. The molecular formula is C25H34N2O3. The van der Waals surface area contributed by atoms with E-state index in [0.29, 0.717) is 18.9 Å². The average molecular weight is 411 g/mol. The molecule has 5 nitrogen and oxygen atoms in total. The monoisotopic (exact) mass is 410 g/mol. The minimum absolute atomic E-state index is 0.0889. The maximum Gasteiger partial charge on any atom is 0.220 e. The molecule has 2 aromatic carbocycles. The molecule has 0 radical (unpaired) electrons. The van der Waals surface area contributed by atoms with E-state index in [0.717, 1.165) is 31.0 Å². The molecule has 0 saturated carbocycles. The summed E-state index contributed by atoms with van der Waals surface area (Å²) in [6.07, 6.45) is 1.49. The summed E-state index contributed by atoms with van der Waals surface area (Å²) in [5.74, 6) is 1.93. The topological polar surface area (TPSA) is 50.8 Å². The Morgan fingerprint density at radius 2 is 1.80 bits per heavy atom. The van der Waals surface area contributed by atoms with Gasteiger partial charge in [0.05, 0.1) is 20.3 Å². The molecule has 1 atom stereocenters. The molecule has 162 valence electrons. The van der Waals surface area contributed by atoms with Crippen molar-refractivity contribution in [2.75, 3.05) is 27.3 Å². The fourth-order valence-electron chi connectivity index (χ4n) is 4.09. The number of rotatable bonds is 8. The van der Waals surface area contributed by atoms with Crippen LogP contribution in [0, 0.1) is 12.8 Å². The summed E-state index contributed by atoms with van der Waals surface area (Å²) < 4.78 is 11.1. The van der Waals surface area contributed by atoms with Gasteiger partial charge >= 0.3 is 0 Å². The van der Waals surface area contributed by atoms with Crippen LogP contribution in [0.3, 0.4) is 0 Å². The molecule has 0 spiro atoms. The van der Waals surface area contributed by atoms with E-state index in [4.69, 9.17) is 9.47 Å². The van der Waals surface area contributed by atoms with E-state index in [2.05, 4.69) is 67.4 Å². The predicted molar refractivity (Wildman–Crippen MR) is 120 cm³/mol. The Morgan fingerprint density at radius 3 is 2.43 bits per heavy atom. The Morgan fingerprint density at radius 1 is 1.13 bits per heavy atom. The molecule has 1 aliphatic rings. The lowest BCUT2D eigenvalue weighted by atomic mass is 9.91. The van der Waals surface area contributed by atoms with Crippen LogP contribution >= 0.6 is 0 Å². The van der Waals surface area contributed by atoms with Crippen LogP contribution in [0.1, 0.15) is 48.6 Å². The zero-order chi connectivity index (χ0) is 21.7.